The summed E-state index contributed by atoms with van der Waals surface area (Å²) in [6.07, 6.45) is 4.22. The van der Waals surface area contributed by atoms with E-state index in [9.17, 15) is 4.79 Å². The van der Waals surface area contributed by atoms with Gasteiger partial charge in [0.15, 0.2) is 11.5 Å². The number of ether oxygens (including phenoxy) is 4. The van der Waals surface area contributed by atoms with Crippen molar-refractivity contribution in [1.82, 2.24) is 9.97 Å². The van der Waals surface area contributed by atoms with Gasteiger partial charge in [0, 0.05) is 10.4 Å². The molecule has 2 aromatic carbocycles. The van der Waals surface area contributed by atoms with Crippen molar-refractivity contribution < 1.29 is 18.9 Å². The molecule has 0 radical (unpaired) electrons. The Labute approximate surface area is 224 Å². The molecule has 9 heteroatoms. The smallest absolute Gasteiger partial charge is 0.260 e. The van der Waals surface area contributed by atoms with E-state index in [1.807, 2.05) is 31.2 Å². The van der Waals surface area contributed by atoms with Crippen LogP contribution in [0.2, 0.25) is 5.02 Å². The molecule has 1 N–H and O–H groups in total. The Morgan fingerprint density at radius 3 is 2.68 bits per heavy atom. The van der Waals surface area contributed by atoms with E-state index in [0.717, 1.165) is 52.8 Å². The second-order valence-electron chi connectivity index (χ2n) is 8.92. The lowest BCUT2D eigenvalue weighted by atomic mass is 9.97. The highest BCUT2D eigenvalue weighted by atomic mass is 35.5. The number of H-pyrrole nitrogens is 1. The van der Waals surface area contributed by atoms with Crippen LogP contribution in [0.1, 0.15) is 28.8 Å². The molecule has 1 aliphatic rings. The molecule has 2 aromatic heterocycles. The Bertz CT molecular complexity index is 1470. The van der Waals surface area contributed by atoms with Crippen LogP contribution in [0.15, 0.2) is 41.2 Å². The zero-order valence-corrected chi connectivity index (χ0v) is 22.5. The lowest BCUT2D eigenvalue weighted by molar-refractivity contribution is 0.0757. The van der Waals surface area contributed by atoms with E-state index in [4.69, 9.17) is 35.5 Å². The number of rotatable bonds is 10. The molecule has 0 aliphatic heterocycles. The average molecular weight is 541 g/mol. The normalized spacial score (nSPS) is 12.9. The molecule has 37 heavy (non-hydrogen) atoms. The number of hydrogen-bond donors (Lipinski definition) is 1. The Morgan fingerprint density at radius 2 is 1.86 bits per heavy atom. The van der Waals surface area contributed by atoms with Crippen LogP contribution in [0.4, 0.5) is 0 Å². The van der Waals surface area contributed by atoms with E-state index >= 15 is 0 Å². The fourth-order valence-electron chi connectivity index (χ4n) is 4.53. The van der Waals surface area contributed by atoms with Crippen molar-refractivity contribution in [1.29, 1.82) is 0 Å². The van der Waals surface area contributed by atoms with Crippen LogP contribution in [0, 0.1) is 6.92 Å². The first kappa shape index (κ1) is 25.6. The van der Waals surface area contributed by atoms with Crippen LogP contribution in [0.3, 0.4) is 0 Å². The molecule has 2 heterocycles. The van der Waals surface area contributed by atoms with Gasteiger partial charge in [-0.05, 0) is 68.0 Å². The Morgan fingerprint density at radius 1 is 1.05 bits per heavy atom. The van der Waals surface area contributed by atoms with Crippen LogP contribution < -0.4 is 19.8 Å². The largest absolute Gasteiger partial charge is 0.493 e. The predicted molar refractivity (Wildman–Crippen MR) is 147 cm³/mol. The maximum atomic E-state index is 13.0. The first-order valence-corrected chi connectivity index (χ1v) is 13.6. The molecule has 0 saturated carbocycles. The minimum Gasteiger partial charge on any atom is -0.493 e. The minimum absolute atomic E-state index is 0.113. The molecule has 1 aliphatic carbocycles. The number of aromatic amines is 1. The second-order valence-corrected chi connectivity index (χ2v) is 10.4. The number of thiophene rings is 1. The number of fused-ring (bicyclic) bond motifs is 3. The molecular weight excluding hydrogens is 512 g/mol. The third-order valence-electron chi connectivity index (χ3n) is 6.29. The van der Waals surface area contributed by atoms with Crippen LogP contribution in [-0.2, 0) is 17.6 Å². The Hall–Kier alpha value is -3.07. The summed E-state index contributed by atoms with van der Waals surface area (Å²) in [7, 11) is 1.55. The third kappa shape index (κ3) is 5.76. The molecule has 194 valence electrons. The van der Waals surface area contributed by atoms with Gasteiger partial charge in [0.05, 0.1) is 30.7 Å². The van der Waals surface area contributed by atoms with E-state index in [-0.39, 0.29) is 5.56 Å². The maximum absolute atomic E-state index is 13.0. The zero-order valence-electron chi connectivity index (χ0n) is 20.9. The number of benzene rings is 2. The molecule has 0 fully saturated rings. The standard InChI is InChI=1S/C28H29ClN2O5S/c1-17-6-5-7-19(14-17)35-12-10-34-11-13-36-25-21(29)15-18(16-22(25)33-2)26-30-27(32)24-20-8-3-4-9-23(20)37-28(24)31-26/h5-7,14-16H,3-4,8-13H2,1-2H3,(H,30,31,32). The maximum Gasteiger partial charge on any atom is 0.260 e. The minimum atomic E-state index is -0.113. The number of methoxy groups -OCH3 is 1. The number of aryl methyl sites for hydroxylation is 3. The van der Waals surface area contributed by atoms with E-state index in [2.05, 4.69) is 4.98 Å². The van der Waals surface area contributed by atoms with Crippen LogP contribution in [0.25, 0.3) is 21.6 Å². The van der Waals surface area contributed by atoms with Crippen molar-refractivity contribution in [3.05, 3.63) is 67.8 Å². The van der Waals surface area contributed by atoms with E-state index in [1.165, 1.54) is 4.88 Å². The summed E-state index contributed by atoms with van der Waals surface area (Å²) < 4.78 is 22.7. The van der Waals surface area contributed by atoms with Crippen molar-refractivity contribution in [2.45, 2.75) is 32.6 Å². The summed E-state index contributed by atoms with van der Waals surface area (Å²) in [5, 5.41) is 1.09. The molecule has 0 saturated heterocycles. The van der Waals surface area contributed by atoms with Gasteiger partial charge >= 0.3 is 0 Å². The highest BCUT2D eigenvalue weighted by Crippen LogP contribution is 2.40. The molecule has 0 bridgehead atoms. The number of nitrogens with zero attached hydrogens (tertiary/aromatic N) is 1. The fourth-order valence-corrected chi connectivity index (χ4v) is 6.05. The van der Waals surface area contributed by atoms with Gasteiger partial charge in [-0.15, -0.1) is 11.3 Å². The molecule has 0 spiro atoms. The summed E-state index contributed by atoms with van der Waals surface area (Å²) in [6, 6.07) is 11.4. The van der Waals surface area contributed by atoms with Gasteiger partial charge in [-0.2, -0.15) is 0 Å². The lowest BCUT2D eigenvalue weighted by Crippen LogP contribution is -2.13. The number of nitrogens with one attached hydrogen (secondary N) is 1. The lowest BCUT2D eigenvalue weighted by Gasteiger charge is -2.14. The van der Waals surface area contributed by atoms with Crippen LogP contribution >= 0.6 is 22.9 Å². The molecule has 5 rings (SSSR count). The summed E-state index contributed by atoms with van der Waals surface area (Å²) >= 11 is 8.18. The van der Waals surface area contributed by atoms with Crippen molar-refractivity contribution in [2.75, 3.05) is 33.5 Å². The first-order valence-electron chi connectivity index (χ1n) is 12.4. The summed E-state index contributed by atoms with van der Waals surface area (Å²) in [6.45, 7) is 3.57. The molecule has 7 nitrogen and oxygen atoms in total. The van der Waals surface area contributed by atoms with Gasteiger partial charge in [-0.3, -0.25) is 4.79 Å². The third-order valence-corrected chi connectivity index (χ3v) is 7.75. The highest BCUT2D eigenvalue weighted by molar-refractivity contribution is 7.18. The van der Waals surface area contributed by atoms with E-state index < -0.39 is 0 Å². The van der Waals surface area contributed by atoms with Gasteiger partial charge in [0.2, 0.25) is 0 Å². The molecule has 0 amide bonds. The van der Waals surface area contributed by atoms with Gasteiger partial charge < -0.3 is 23.9 Å². The van der Waals surface area contributed by atoms with Crippen molar-refractivity contribution in [3.8, 4) is 28.6 Å². The molecule has 4 aromatic rings. The van der Waals surface area contributed by atoms with Gasteiger partial charge in [-0.25, -0.2) is 4.98 Å². The monoisotopic (exact) mass is 540 g/mol. The van der Waals surface area contributed by atoms with Gasteiger partial charge in [0.1, 0.15) is 29.6 Å². The predicted octanol–water partition coefficient (Wildman–Crippen LogP) is 5.98. The SMILES string of the molecule is COc1cc(-c2nc3sc4c(c3c(=O)[nH]2)CCCC4)cc(Cl)c1OCCOCCOc1cccc(C)c1. The first-order chi connectivity index (χ1) is 18.0. The second kappa shape index (κ2) is 11.5. The van der Waals surface area contributed by atoms with Crippen molar-refractivity contribution in [3.63, 3.8) is 0 Å². The molecule has 0 atom stereocenters. The number of aromatic nitrogens is 2. The number of halogens is 1. The summed E-state index contributed by atoms with van der Waals surface area (Å²) in [5.74, 6) is 2.16. The molecule has 0 unspecified atom stereocenters. The van der Waals surface area contributed by atoms with E-state index in [0.29, 0.717) is 54.3 Å². The number of hydrogen-bond acceptors (Lipinski definition) is 7. The van der Waals surface area contributed by atoms with Crippen LogP contribution in [-0.4, -0.2) is 43.5 Å². The fraction of sp³-hybridized carbons (Fsp3) is 0.357. The summed E-state index contributed by atoms with van der Waals surface area (Å²) in [5.41, 5.74) is 2.86. The van der Waals surface area contributed by atoms with Gasteiger partial charge in [0.25, 0.3) is 5.56 Å². The average Bonchev–Trinajstić information content (AvgIpc) is 3.27. The molecular formula is C28H29ClN2O5S. The Balaban J connectivity index is 1.22. The topological polar surface area (TPSA) is 82.7 Å². The Kier molecular flexibility index (Phi) is 7.98. The van der Waals surface area contributed by atoms with Gasteiger partial charge in [-0.1, -0.05) is 23.7 Å². The zero-order chi connectivity index (χ0) is 25.8. The van der Waals surface area contributed by atoms with Crippen LogP contribution in [0.5, 0.6) is 17.2 Å². The quantitative estimate of drug-likeness (QED) is 0.249. The van der Waals surface area contributed by atoms with E-state index in [1.54, 1.807) is 30.6 Å². The summed E-state index contributed by atoms with van der Waals surface area (Å²) in [4.78, 5) is 22.7. The van der Waals surface area contributed by atoms with Crippen molar-refractivity contribution >= 4 is 33.2 Å². The van der Waals surface area contributed by atoms with Crippen molar-refractivity contribution in [2.24, 2.45) is 0 Å². The highest BCUT2D eigenvalue weighted by Gasteiger charge is 2.21.